The van der Waals surface area contributed by atoms with Gasteiger partial charge >= 0.3 is 0 Å². The van der Waals surface area contributed by atoms with Gasteiger partial charge in [-0.3, -0.25) is 9.89 Å². The highest BCUT2D eigenvalue weighted by Crippen LogP contribution is 2.16. The second-order valence-electron chi connectivity index (χ2n) is 6.42. The van der Waals surface area contributed by atoms with E-state index in [2.05, 4.69) is 31.3 Å². The molecule has 1 fully saturated rings. The summed E-state index contributed by atoms with van der Waals surface area (Å²) < 4.78 is 4.90. The summed E-state index contributed by atoms with van der Waals surface area (Å²) in [5.74, 6) is 0.977. The van der Waals surface area contributed by atoms with Crippen LogP contribution >= 0.6 is 11.6 Å². The van der Waals surface area contributed by atoms with Gasteiger partial charge in [0.25, 0.3) is 0 Å². The lowest BCUT2D eigenvalue weighted by atomic mass is 10.1. The Kier molecular flexibility index (Phi) is 6.91. The lowest BCUT2D eigenvalue weighted by molar-refractivity contribution is 0.169. The molecule has 0 saturated carbocycles. The first-order valence-electron chi connectivity index (χ1n) is 9.07. The molecule has 0 spiro atoms. The van der Waals surface area contributed by atoms with Crippen LogP contribution < -0.4 is 5.32 Å². The molecular weight excluding hydrogens is 350 g/mol. The molecule has 1 aromatic heterocycles. The third-order valence-electron chi connectivity index (χ3n) is 4.62. The van der Waals surface area contributed by atoms with Crippen LogP contribution in [0, 0.1) is 0 Å². The van der Waals surface area contributed by atoms with E-state index in [0.29, 0.717) is 0 Å². The van der Waals surface area contributed by atoms with Crippen molar-refractivity contribution in [1.82, 2.24) is 20.3 Å². The lowest BCUT2D eigenvalue weighted by Gasteiger charge is -2.36. The molecule has 1 aromatic carbocycles. The minimum atomic E-state index is 0.841. The third-order valence-corrected chi connectivity index (χ3v) is 4.99. The molecule has 7 heteroatoms. The van der Waals surface area contributed by atoms with Gasteiger partial charge in [-0.1, -0.05) is 35.0 Å². The molecule has 0 radical (unpaired) electrons. The molecule has 1 aliphatic rings. The highest BCUT2D eigenvalue weighted by Gasteiger charge is 2.20. The van der Waals surface area contributed by atoms with Crippen LogP contribution in [0.4, 0.5) is 0 Å². The van der Waals surface area contributed by atoms with Crippen molar-refractivity contribution in [2.45, 2.75) is 19.4 Å². The zero-order valence-electron chi connectivity index (χ0n) is 15.2. The fourth-order valence-corrected chi connectivity index (χ4v) is 3.41. The monoisotopic (exact) mass is 375 g/mol. The van der Waals surface area contributed by atoms with Crippen molar-refractivity contribution in [1.29, 1.82) is 0 Å². The van der Waals surface area contributed by atoms with Crippen LogP contribution in [0.5, 0.6) is 0 Å². The maximum Gasteiger partial charge on any atom is 0.193 e. The number of guanidine groups is 1. The number of nitrogens with one attached hydrogen (secondary N) is 1. The average Bonchev–Trinajstić information content (AvgIpc) is 3.17. The standard InChI is InChI=1S/C19H26ClN5O/c1-21-19(22-9-4-6-16-5-2-3-7-18(16)20)25-12-10-24(11-13-25)15-17-8-14-26-23-17/h2-3,5,7-8,14H,4,6,9-13,15H2,1H3,(H,21,22). The summed E-state index contributed by atoms with van der Waals surface area (Å²) in [6.07, 6.45) is 3.62. The summed E-state index contributed by atoms with van der Waals surface area (Å²) in [4.78, 5) is 9.14. The minimum Gasteiger partial charge on any atom is -0.364 e. The molecule has 0 amide bonds. The van der Waals surface area contributed by atoms with E-state index in [1.165, 1.54) is 5.56 Å². The maximum absolute atomic E-state index is 6.21. The summed E-state index contributed by atoms with van der Waals surface area (Å²) in [6.45, 7) is 5.63. The van der Waals surface area contributed by atoms with Crippen LogP contribution in [0.3, 0.4) is 0 Å². The maximum atomic E-state index is 6.21. The van der Waals surface area contributed by atoms with Gasteiger partial charge in [-0.25, -0.2) is 0 Å². The van der Waals surface area contributed by atoms with Crippen LogP contribution in [0.15, 0.2) is 46.1 Å². The molecular formula is C19H26ClN5O. The van der Waals surface area contributed by atoms with Crippen LogP contribution in [0.2, 0.25) is 5.02 Å². The van der Waals surface area contributed by atoms with Crippen molar-refractivity contribution in [2.24, 2.45) is 4.99 Å². The molecule has 0 aliphatic carbocycles. The summed E-state index contributed by atoms with van der Waals surface area (Å²) in [5, 5.41) is 8.31. The highest BCUT2D eigenvalue weighted by atomic mass is 35.5. The Balaban J connectivity index is 1.38. The first-order chi connectivity index (χ1) is 12.8. The van der Waals surface area contributed by atoms with E-state index in [1.54, 1.807) is 6.26 Å². The second kappa shape index (κ2) is 9.59. The highest BCUT2D eigenvalue weighted by molar-refractivity contribution is 6.31. The van der Waals surface area contributed by atoms with Crippen LogP contribution in [-0.4, -0.2) is 60.7 Å². The number of nitrogens with zero attached hydrogens (tertiary/aromatic N) is 4. The zero-order valence-corrected chi connectivity index (χ0v) is 16.0. The molecule has 140 valence electrons. The van der Waals surface area contributed by atoms with E-state index in [0.717, 1.165) is 68.8 Å². The number of aromatic nitrogens is 1. The van der Waals surface area contributed by atoms with Crippen molar-refractivity contribution >= 4 is 17.6 Å². The molecule has 6 nitrogen and oxygen atoms in total. The Hall–Kier alpha value is -2.05. The van der Waals surface area contributed by atoms with E-state index >= 15 is 0 Å². The molecule has 26 heavy (non-hydrogen) atoms. The van der Waals surface area contributed by atoms with Gasteiger partial charge in [-0.05, 0) is 24.5 Å². The Morgan fingerprint density at radius 2 is 2.04 bits per heavy atom. The van der Waals surface area contributed by atoms with E-state index < -0.39 is 0 Å². The first kappa shape index (κ1) is 18.7. The molecule has 1 saturated heterocycles. The Morgan fingerprint density at radius 1 is 1.23 bits per heavy atom. The largest absolute Gasteiger partial charge is 0.364 e. The van der Waals surface area contributed by atoms with Crippen LogP contribution in [0.1, 0.15) is 17.7 Å². The van der Waals surface area contributed by atoms with Crippen molar-refractivity contribution in [3.8, 4) is 0 Å². The van der Waals surface area contributed by atoms with Crippen molar-refractivity contribution in [2.75, 3.05) is 39.8 Å². The lowest BCUT2D eigenvalue weighted by Crippen LogP contribution is -2.52. The number of benzene rings is 1. The van der Waals surface area contributed by atoms with Gasteiger partial charge in [0.15, 0.2) is 5.96 Å². The number of aliphatic imine (C=N–C) groups is 1. The molecule has 2 heterocycles. The summed E-state index contributed by atoms with van der Waals surface area (Å²) in [5.41, 5.74) is 2.19. The first-order valence-corrected chi connectivity index (χ1v) is 9.44. The molecule has 0 atom stereocenters. The van der Waals surface area contributed by atoms with Crippen molar-refractivity contribution < 1.29 is 4.52 Å². The molecule has 1 aliphatic heterocycles. The Bertz CT molecular complexity index is 696. The van der Waals surface area contributed by atoms with E-state index in [1.807, 2.05) is 31.3 Å². The second-order valence-corrected chi connectivity index (χ2v) is 6.83. The smallest absolute Gasteiger partial charge is 0.193 e. The van der Waals surface area contributed by atoms with Crippen LogP contribution in [-0.2, 0) is 13.0 Å². The quantitative estimate of drug-likeness (QED) is 0.478. The fraction of sp³-hybridized carbons (Fsp3) is 0.474. The van der Waals surface area contributed by atoms with Gasteiger partial charge in [0, 0.05) is 57.4 Å². The molecule has 0 bridgehead atoms. The van der Waals surface area contributed by atoms with Gasteiger partial charge in [0.1, 0.15) is 6.26 Å². The van der Waals surface area contributed by atoms with E-state index in [4.69, 9.17) is 16.1 Å². The van der Waals surface area contributed by atoms with Crippen LogP contribution in [0.25, 0.3) is 0 Å². The average molecular weight is 376 g/mol. The molecule has 2 aromatic rings. The number of hydrogen-bond donors (Lipinski definition) is 1. The normalized spacial score (nSPS) is 16.1. The zero-order chi connectivity index (χ0) is 18.2. The van der Waals surface area contributed by atoms with Gasteiger partial charge in [-0.15, -0.1) is 0 Å². The molecule has 1 N–H and O–H groups in total. The summed E-state index contributed by atoms with van der Waals surface area (Å²) in [6, 6.07) is 9.96. The van der Waals surface area contributed by atoms with Gasteiger partial charge < -0.3 is 14.7 Å². The fourth-order valence-electron chi connectivity index (χ4n) is 3.18. The predicted octanol–water partition coefficient (Wildman–Crippen LogP) is 2.65. The van der Waals surface area contributed by atoms with Crippen molar-refractivity contribution in [3.63, 3.8) is 0 Å². The minimum absolute atomic E-state index is 0.841. The number of piperazine rings is 1. The van der Waals surface area contributed by atoms with Gasteiger partial charge in [0.2, 0.25) is 0 Å². The predicted molar refractivity (Wildman–Crippen MR) is 104 cm³/mol. The number of aryl methyl sites for hydroxylation is 1. The van der Waals surface area contributed by atoms with Crippen molar-refractivity contribution in [3.05, 3.63) is 52.9 Å². The summed E-state index contributed by atoms with van der Waals surface area (Å²) >= 11 is 6.21. The van der Waals surface area contributed by atoms with E-state index in [-0.39, 0.29) is 0 Å². The summed E-state index contributed by atoms with van der Waals surface area (Å²) in [7, 11) is 1.85. The number of halogens is 1. The Morgan fingerprint density at radius 3 is 2.73 bits per heavy atom. The third kappa shape index (κ3) is 5.22. The van der Waals surface area contributed by atoms with Gasteiger partial charge in [-0.2, -0.15) is 0 Å². The Labute approximate surface area is 159 Å². The topological polar surface area (TPSA) is 56.9 Å². The number of rotatable bonds is 6. The number of hydrogen-bond acceptors (Lipinski definition) is 4. The SMILES string of the molecule is CN=C(NCCCc1ccccc1Cl)N1CCN(Cc2ccon2)CC1. The molecule has 0 unspecified atom stereocenters. The molecule has 3 rings (SSSR count). The van der Waals surface area contributed by atoms with E-state index in [9.17, 15) is 0 Å². The van der Waals surface area contributed by atoms with Gasteiger partial charge in [0.05, 0.1) is 5.69 Å².